The van der Waals surface area contributed by atoms with Gasteiger partial charge in [-0.1, -0.05) is 0 Å². The van der Waals surface area contributed by atoms with Gasteiger partial charge in [-0.3, -0.25) is 0 Å². The summed E-state index contributed by atoms with van der Waals surface area (Å²) in [5.41, 5.74) is -0.269. The van der Waals surface area contributed by atoms with E-state index < -0.39 is 23.5 Å². The maximum absolute atomic E-state index is 11.8. The highest BCUT2D eigenvalue weighted by atomic mass is 16.6. The minimum Gasteiger partial charge on any atom is -0.478 e. The molecule has 0 fully saturated rings. The topological polar surface area (TPSA) is 89.9 Å². The fourth-order valence-corrected chi connectivity index (χ4v) is 1.29. The first kappa shape index (κ1) is 16.4. The monoisotopic (exact) mass is 292 g/mol. The number of esters is 2. The molecular formula is C15H16O6. The van der Waals surface area contributed by atoms with Crippen molar-refractivity contribution >= 4 is 17.9 Å². The Morgan fingerprint density at radius 2 is 1.62 bits per heavy atom. The molecule has 0 atom stereocenters. The van der Waals surface area contributed by atoms with Gasteiger partial charge in [0, 0.05) is 12.2 Å². The second kappa shape index (κ2) is 6.69. The molecule has 1 N–H and O–H groups in total. The van der Waals surface area contributed by atoms with Gasteiger partial charge in [0.05, 0.1) is 5.56 Å². The largest absolute Gasteiger partial charge is 0.478 e. The van der Waals surface area contributed by atoms with Gasteiger partial charge in [0.2, 0.25) is 0 Å². The van der Waals surface area contributed by atoms with E-state index in [2.05, 4.69) is 0 Å². The number of carboxylic acid groups (broad SMARTS) is 1. The molecule has 0 heterocycles. The molecule has 0 bridgehead atoms. The Balaban J connectivity index is 2.68. The number of carbonyl (C=O) groups excluding carboxylic acids is 2. The van der Waals surface area contributed by atoms with Gasteiger partial charge in [-0.15, -0.1) is 0 Å². The van der Waals surface area contributed by atoms with Gasteiger partial charge in [-0.05, 0) is 45.0 Å². The van der Waals surface area contributed by atoms with Gasteiger partial charge in [-0.25, -0.2) is 14.4 Å². The van der Waals surface area contributed by atoms with E-state index in [9.17, 15) is 14.4 Å². The number of rotatable bonds is 4. The fraction of sp³-hybridized carbons (Fsp3) is 0.267. The summed E-state index contributed by atoms with van der Waals surface area (Å²) in [6.07, 6.45) is 1.47. The molecule has 0 aliphatic carbocycles. The van der Waals surface area contributed by atoms with Crippen molar-refractivity contribution in [3.8, 4) is 5.75 Å². The first-order valence-corrected chi connectivity index (χ1v) is 6.13. The van der Waals surface area contributed by atoms with Gasteiger partial charge in [0.15, 0.2) is 0 Å². The molecule has 0 saturated carbocycles. The van der Waals surface area contributed by atoms with E-state index in [1.807, 2.05) is 0 Å². The molecule has 0 unspecified atom stereocenters. The zero-order valence-corrected chi connectivity index (χ0v) is 12.0. The summed E-state index contributed by atoms with van der Waals surface area (Å²) >= 11 is 0. The molecule has 6 heteroatoms. The van der Waals surface area contributed by atoms with Crippen LogP contribution >= 0.6 is 0 Å². The van der Waals surface area contributed by atoms with Crippen LogP contribution in [0.4, 0.5) is 0 Å². The quantitative estimate of drug-likeness (QED) is 0.519. The lowest BCUT2D eigenvalue weighted by Crippen LogP contribution is -2.23. The number of carbonyl (C=O) groups is 3. The third-order valence-corrected chi connectivity index (χ3v) is 2.07. The van der Waals surface area contributed by atoms with Gasteiger partial charge in [-0.2, -0.15) is 0 Å². The molecule has 0 saturated heterocycles. The lowest BCUT2D eigenvalue weighted by Gasteiger charge is -2.19. The van der Waals surface area contributed by atoms with Gasteiger partial charge in [0.1, 0.15) is 11.4 Å². The number of benzene rings is 1. The van der Waals surface area contributed by atoms with E-state index in [0.717, 1.165) is 6.08 Å². The third kappa shape index (κ3) is 6.38. The van der Waals surface area contributed by atoms with Crippen LogP contribution in [0.15, 0.2) is 36.4 Å². The van der Waals surface area contributed by atoms with Crippen molar-refractivity contribution in [3.63, 3.8) is 0 Å². The van der Waals surface area contributed by atoms with Gasteiger partial charge < -0.3 is 14.6 Å². The fourth-order valence-electron chi connectivity index (χ4n) is 1.29. The second-order valence-corrected chi connectivity index (χ2v) is 5.12. The van der Waals surface area contributed by atoms with Gasteiger partial charge >= 0.3 is 17.9 Å². The summed E-state index contributed by atoms with van der Waals surface area (Å²) in [7, 11) is 0. The molecule has 0 aliphatic rings. The lowest BCUT2D eigenvalue weighted by atomic mass is 10.1. The standard InChI is InChI=1S/C15H16O6/c1-15(2,3)21-14(19)10-4-6-11(7-5-10)20-13(18)9-8-12(16)17/h4-9H,1-3H3,(H,16,17)/b9-8+. The van der Waals surface area contributed by atoms with Crippen LogP contribution < -0.4 is 4.74 Å². The van der Waals surface area contributed by atoms with Crippen LogP contribution in [0.25, 0.3) is 0 Å². The van der Waals surface area contributed by atoms with Crippen LogP contribution in [-0.2, 0) is 14.3 Å². The number of hydrogen-bond donors (Lipinski definition) is 1. The molecule has 1 aromatic rings. The highest BCUT2D eigenvalue weighted by Gasteiger charge is 2.17. The van der Waals surface area contributed by atoms with Crippen molar-refractivity contribution in [3.05, 3.63) is 42.0 Å². The molecule has 1 aromatic carbocycles. The molecule has 1 rings (SSSR count). The Morgan fingerprint density at radius 1 is 1.05 bits per heavy atom. The van der Waals surface area contributed by atoms with E-state index >= 15 is 0 Å². The average molecular weight is 292 g/mol. The highest BCUT2D eigenvalue weighted by Crippen LogP contribution is 2.16. The van der Waals surface area contributed by atoms with E-state index in [1.54, 1.807) is 20.8 Å². The van der Waals surface area contributed by atoms with Crippen molar-refractivity contribution in [1.29, 1.82) is 0 Å². The van der Waals surface area contributed by atoms with Crippen molar-refractivity contribution in [1.82, 2.24) is 0 Å². The van der Waals surface area contributed by atoms with E-state index in [0.29, 0.717) is 11.6 Å². The average Bonchev–Trinajstić information content (AvgIpc) is 2.35. The normalized spacial score (nSPS) is 11.2. The minimum absolute atomic E-state index is 0.197. The third-order valence-electron chi connectivity index (χ3n) is 2.07. The summed E-state index contributed by atoms with van der Waals surface area (Å²) in [5, 5.41) is 8.37. The van der Waals surface area contributed by atoms with Crippen molar-refractivity contribution in [2.45, 2.75) is 26.4 Å². The Labute approximate surface area is 122 Å². The molecule has 0 amide bonds. The Bertz CT molecular complexity index is 563. The number of ether oxygens (including phenoxy) is 2. The van der Waals surface area contributed by atoms with Crippen LogP contribution in [-0.4, -0.2) is 28.6 Å². The predicted molar refractivity (Wildman–Crippen MR) is 74.0 cm³/mol. The summed E-state index contributed by atoms with van der Waals surface area (Å²) < 4.78 is 10.0. The Morgan fingerprint density at radius 3 is 2.10 bits per heavy atom. The van der Waals surface area contributed by atoms with Crippen molar-refractivity contribution < 1.29 is 29.0 Å². The van der Waals surface area contributed by atoms with Crippen LogP contribution in [0.5, 0.6) is 5.75 Å². The molecule has 0 radical (unpaired) electrons. The number of carboxylic acids is 1. The second-order valence-electron chi connectivity index (χ2n) is 5.12. The summed E-state index contributed by atoms with van der Waals surface area (Å²) in [5.74, 6) is -2.34. The Kier molecular flexibility index (Phi) is 5.24. The Hall–Kier alpha value is -2.63. The number of aliphatic carboxylic acids is 1. The first-order chi connectivity index (χ1) is 9.67. The van der Waals surface area contributed by atoms with Crippen LogP contribution in [0.3, 0.4) is 0 Å². The predicted octanol–water partition coefficient (Wildman–Crippen LogP) is 2.19. The molecule has 112 valence electrons. The molecule has 6 nitrogen and oxygen atoms in total. The lowest BCUT2D eigenvalue weighted by molar-refractivity contribution is -0.133. The zero-order chi connectivity index (χ0) is 16.0. The summed E-state index contributed by atoms with van der Waals surface area (Å²) in [4.78, 5) is 33.3. The highest BCUT2D eigenvalue weighted by molar-refractivity contribution is 5.92. The molecule has 0 aliphatic heterocycles. The van der Waals surface area contributed by atoms with Crippen molar-refractivity contribution in [2.24, 2.45) is 0 Å². The molecule has 0 aromatic heterocycles. The SMILES string of the molecule is CC(C)(C)OC(=O)c1ccc(OC(=O)/C=C/C(=O)O)cc1. The zero-order valence-electron chi connectivity index (χ0n) is 12.0. The molecule has 21 heavy (non-hydrogen) atoms. The molecule has 0 spiro atoms. The van der Waals surface area contributed by atoms with E-state index in [4.69, 9.17) is 14.6 Å². The van der Waals surface area contributed by atoms with Crippen molar-refractivity contribution in [2.75, 3.05) is 0 Å². The first-order valence-electron chi connectivity index (χ1n) is 6.13. The smallest absolute Gasteiger partial charge is 0.338 e. The van der Waals surface area contributed by atoms with E-state index in [-0.39, 0.29) is 5.75 Å². The van der Waals surface area contributed by atoms with E-state index in [1.165, 1.54) is 24.3 Å². The minimum atomic E-state index is -1.24. The summed E-state index contributed by atoms with van der Waals surface area (Å²) in [6.45, 7) is 5.28. The van der Waals surface area contributed by atoms with Crippen LogP contribution in [0.2, 0.25) is 0 Å². The van der Waals surface area contributed by atoms with Crippen LogP contribution in [0, 0.1) is 0 Å². The maximum Gasteiger partial charge on any atom is 0.338 e. The maximum atomic E-state index is 11.8. The van der Waals surface area contributed by atoms with Gasteiger partial charge in [0.25, 0.3) is 0 Å². The molecular weight excluding hydrogens is 276 g/mol. The summed E-state index contributed by atoms with van der Waals surface area (Å²) in [6, 6.07) is 5.76. The number of hydrogen-bond acceptors (Lipinski definition) is 5. The van der Waals surface area contributed by atoms with Crippen LogP contribution in [0.1, 0.15) is 31.1 Å².